The van der Waals surface area contributed by atoms with E-state index in [9.17, 15) is 25.2 Å². The van der Waals surface area contributed by atoms with Crippen molar-refractivity contribution >= 4 is 15.1 Å². The van der Waals surface area contributed by atoms with Crippen molar-refractivity contribution < 1.29 is 25.2 Å². The van der Waals surface area contributed by atoms with Crippen LogP contribution in [0.5, 0.6) is 0 Å². The van der Waals surface area contributed by atoms with Gasteiger partial charge in [-0.3, -0.25) is 0 Å². The molecule has 0 N–H and O–H groups in total. The second-order valence-electron chi connectivity index (χ2n) is 6.00. The van der Waals surface area contributed by atoms with Gasteiger partial charge in [0.25, 0.3) is 0 Å². The van der Waals surface area contributed by atoms with Crippen LogP contribution in [0.1, 0.15) is 59.3 Å². The summed E-state index contributed by atoms with van der Waals surface area (Å²) < 4.78 is 59.2. The van der Waals surface area contributed by atoms with E-state index in [-0.39, 0.29) is 0 Å². The molecule has 0 aliphatic heterocycles. The van der Waals surface area contributed by atoms with Crippen LogP contribution in [0, 0.1) is 0 Å². The van der Waals surface area contributed by atoms with Gasteiger partial charge < -0.3 is 0 Å². The molecule has 0 amide bonds. The quantitative estimate of drug-likeness (QED) is 0.188. The molecule has 0 aromatic rings. The number of allylic oxidation sites excluding steroid dienone is 1. The van der Waals surface area contributed by atoms with Crippen molar-refractivity contribution in [3.05, 3.63) is 12.7 Å². The van der Waals surface area contributed by atoms with Crippen molar-refractivity contribution in [3.8, 4) is 0 Å². The first-order chi connectivity index (χ1) is 10.2. The Hall–Kier alpha value is 0.180. The van der Waals surface area contributed by atoms with Gasteiger partial charge in [0.2, 0.25) is 0 Å². The number of hydrogen-bond donors (Lipinski definition) is 0. The van der Waals surface area contributed by atoms with Crippen LogP contribution in [0.15, 0.2) is 12.7 Å². The van der Waals surface area contributed by atoms with Gasteiger partial charge in [-0.15, -0.1) is 0 Å². The Morgan fingerprint density at radius 1 is 0.739 bits per heavy atom. The molecule has 0 nitrogen and oxygen atoms in total. The topological polar surface area (TPSA) is 0 Å². The maximum absolute atomic E-state index is 10.7. The normalized spacial score (nSPS) is 15.2. The fourth-order valence-electron chi connectivity index (χ4n) is 2.36. The van der Waals surface area contributed by atoms with Crippen molar-refractivity contribution in [1.82, 2.24) is 0 Å². The van der Waals surface area contributed by atoms with Crippen LogP contribution >= 0.6 is 15.1 Å². The standard InChI is InChI=1S/C15H32P.F6P/c1-5-9-13-16(12-8-4,14-10-6-2)15-11-7-3;1-7(2,3,4,5)6/h8H,4-7,9-15H2,1-3H3;/q+1;-1. The third-order valence-corrected chi connectivity index (χ3v) is 8.30. The van der Waals surface area contributed by atoms with E-state index in [2.05, 4.69) is 33.4 Å². The molecule has 0 heterocycles. The van der Waals surface area contributed by atoms with Crippen molar-refractivity contribution in [2.75, 3.05) is 24.6 Å². The first-order valence-electron chi connectivity index (χ1n) is 8.22. The summed E-state index contributed by atoms with van der Waals surface area (Å²) in [6, 6.07) is 0. The van der Waals surface area contributed by atoms with E-state index in [0.717, 1.165) is 0 Å². The zero-order chi connectivity index (χ0) is 18.7. The molecular formula is C15H32F6P2. The molecule has 0 aliphatic carbocycles. The number of rotatable bonds is 11. The van der Waals surface area contributed by atoms with E-state index in [1.165, 1.54) is 63.2 Å². The maximum atomic E-state index is 9.87. The van der Waals surface area contributed by atoms with Crippen molar-refractivity contribution in [2.24, 2.45) is 0 Å². The van der Waals surface area contributed by atoms with Crippen LogP contribution in [0.3, 0.4) is 0 Å². The van der Waals surface area contributed by atoms with E-state index in [4.69, 9.17) is 0 Å². The number of unbranched alkanes of at least 4 members (excludes halogenated alkanes) is 3. The fraction of sp³-hybridized carbons (Fsp3) is 0.867. The van der Waals surface area contributed by atoms with Gasteiger partial charge in [-0.2, -0.15) is 0 Å². The van der Waals surface area contributed by atoms with Gasteiger partial charge in [-0.05, 0) is 19.3 Å². The Morgan fingerprint density at radius 2 is 1.00 bits per heavy atom. The van der Waals surface area contributed by atoms with Crippen molar-refractivity contribution in [1.29, 1.82) is 0 Å². The van der Waals surface area contributed by atoms with E-state index in [0.29, 0.717) is 0 Å². The molecule has 0 saturated carbocycles. The zero-order valence-electron chi connectivity index (χ0n) is 14.5. The molecule has 0 bridgehead atoms. The molecule has 0 aromatic heterocycles. The van der Waals surface area contributed by atoms with Gasteiger partial charge in [0.05, 0.1) is 24.6 Å². The molecule has 0 rings (SSSR count). The molecule has 0 atom stereocenters. The van der Waals surface area contributed by atoms with Crippen LogP contribution in [-0.4, -0.2) is 24.6 Å². The predicted molar refractivity (Wildman–Crippen MR) is 94.9 cm³/mol. The minimum atomic E-state index is -10.7. The van der Waals surface area contributed by atoms with Crippen molar-refractivity contribution in [3.63, 3.8) is 0 Å². The van der Waals surface area contributed by atoms with Gasteiger partial charge in [0.1, 0.15) is 0 Å². The van der Waals surface area contributed by atoms with E-state index < -0.39 is 15.1 Å². The summed E-state index contributed by atoms with van der Waals surface area (Å²) in [5.74, 6) is 0. The molecule has 8 heteroatoms. The molecule has 0 saturated heterocycles. The van der Waals surface area contributed by atoms with Gasteiger partial charge in [-0.1, -0.05) is 52.7 Å². The SMILES string of the molecule is C=CC[P+](CCCC)(CCCC)CCCC.F[P-](F)(F)(F)(F)F. The Labute approximate surface area is 137 Å². The van der Waals surface area contributed by atoms with Crippen LogP contribution in [0.25, 0.3) is 0 Å². The number of hydrogen-bond acceptors (Lipinski definition) is 0. The zero-order valence-corrected chi connectivity index (χ0v) is 16.3. The van der Waals surface area contributed by atoms with Gasteiger partial charge in [0, 0.05) is 7.26 Å². The third kappa shape index (κ3) is 24.6. The summed E-state index contributed by atoms with van der Waals surface area (Å²) in [5.41, 5.74) is 0. The second-order valence-corrected chi connectivity index (χ2v) is 12.3. The van der Waals surface area contributed by atoms with Crippen LogP contribution in [-0.2, 0) is 0 Å². The predicted octanol–water partition coefficient (Wildman–Crippen LogP) is 8.97. The molecule has 0 unspecified atom stereocenters. The van der Waals surface area contributed by atoms with E-state index >= 15 is 0 Å². The molecule has 144 valence electrons. The first kappa shape index (κ1) is 25.4. The molecule has 0 fully saturated rings. The second kappa shape index (κ2) is 9.61. The summed E-state index contributed by atoms with van der Waals surface area (Å²) in [6.45, 7) is 11.0. The summed E-state index contributed by atoms with van der Waals surface area (Å²) in [5, 5.41) is 0. The average molecular weight is 388 g/mol. The molecule has 0 spiro atoms. The Morgan fingerprint density at radius 3 is 1.17 bits per heavy atom. The van der Waals surface area contributed by atoms with Gasteiger partial charge in [-0.25, -0.2) is 0 Å². The summed E-state index contributed by atoms with van der Waals surface area (Å²) in [4.78, 5) is 0. The Kier molecular flexibility index (Phi) is 10.6. The number of halogens is 6. The Balaban J connectivity index is 0. The Bertz CT molecular complexity index is 289. The monoisotopic (exact) mass is 388 g/mol. The van der Waals surface area contributed by atoms with Crippen LogP contribution < -0.4 is 0 Å². The van der Waals surface area contributed by atoms with Crippen LogP contribution in [0.2, 0.25) is 0 Å². The van der Waals surface area contributed by atoms with Crippen LogP contribution in [0.4, 0.5) is 25.2 Å². The van der Waals surface area contributed by atoms with Crippen molar-refractivity contribution in [2.45, 2.75) is 59.3 Å². The van der Waals surface area contributed by atoms with Gasteiger partial charge >= 0.3 is 33.0 Å². The first-order valence-corrected chi connectivity index (χ1v) is 12.8. The fourth-order valence-corrected chi connectivity index (χ4v) is 7.09. The average Bonchev–Trinajstić information content (AvgIpc) is 2.37. The molecule has 0 aromatic carbocycles. The molecule has 23 heavy (non-hydrogen) atoms. The summed E-state index contributed by atoms with van der Waals surface area (Å²) in [6.07, 6.45) is 16.5. The molecule has 0 radical (unpaired) electrons. The van der Waals surface area contributed by atoms with Gasteiger partial charge in [0.15, 0.2) is 0 Å². The summed E-state index contributed by atoms with van der Waals surface area (Å²) >= 11 is 0. The van der Waals surface area contributed by atoms with E-state index in [1.54, 1.807) is 0 Å². The third-order valence-electron chi connectivity index (χ3n) is 3.47. The summed E-state index contributed by atoms with van der Waals surface area (Å²) in [7, 11) is -11.3. The molecule has 0 aliphatic rings. The minimum absolute atomic E-state index is 0.664. The molecular weight excluding hydrogens is 356 g/mol. The van der Waals surface area contributed by atoms with E-state index in [1.807, 2.05) is 0 Å².